The van der Waals surface area contributed by atoms with Crippen LogP contribution < -0.4 is 11.5 Å². The zero-order chi connectivity index (χ0) is 14.6. The van der Waals surface area contributed by atoms with Gasteiger partial charge in [-0.05, 0) is 67.8 Å². The Labute approximate surface area is 144 Å². The Bertz CT molecular complexity index is 464. The molecule has 1 aromatic carbocycles. The number of hydrogen-bond donors (Lipinski definition) is 4. The van der Waals surface area contributed by atoms with E-state index in [4.69, 9.17) is 21.7 Å². The number of aliphatic hydroxyl groups is 1. The average Bonchev–Trinajstić information content (AvgIpc) is 2.28. The Morgan fingerprint density at radius 1 is 1.00 bits per heavy atom. The van der Waals surface area contributed by atoms with E-state index in [0.29, 0.717) is 10.7 Å². The summed E-state index contributed by atoms with van der Waals surface area (Å²) in [6.45, 7) is 0. The van der Waals surface area contributed by atoms with Gasteiger partial charge in [0.2, 0.25) is 0 Å². The first-order valence-corrected chi connectivity index (χ1v) is 7.46. The number of rotatable bonds is 2. The fourth-order valence-corrected chi connectivity index (χ4v) is 5.25. The Morgan fingerprint density at radius 3 is 1.72 bits per heavy atom. The van der Waals surface area contributed by atoms with Crippen LogP contribution in [0.4, 0.5) is 5.69 Å². The lowest BCUT2D eigenvalue weighted by molar-refractivity contribution is 0.0694. The number of benzene rings is 1. The van der Waals surface area contributed by atoms with Crippen molar-refractivity contribution in [3.8, 4) is 0 Å². The SMILES string of the molecule is CO.NC(=O)c1c(I)c(N)c(I)c(C(=O)O)c1I. The van der Waals surface area contributed by atoms with Crippen molar-refractivity contribution in [1.29, 1.82) is 0 Å². The highest BCUT2D eigenvalue weighted by atomic mass is 127. The molecule has 0 unspecified atom stereocenters. The van der Waals surface area contributed by atoms with Crippen LogP contribution in [0.1, 0.15) is 20.7 Å². The van der Waals surface area contributed by atoms with E-state index >= 15 is 0 Å². The zero-order valence-electron chi connectivity index (χ0n) is 9.00. The molecule has 1 aromatic rings. The molecule has 1 rings (SSSR count). The Hall–Kier alpha value is 0.110. The van der Waals surface area contributed by atoms with Crippen LogP contribution in [0, 0.1) is 10.7 Å². The summed E-state index contributed by atoms with van der Waals surface area (Å²) in [5.74, 6) is -1.81. The molecule has 0 bridgehead atoms. The summed E-state index contributed by atoms with van der Waals surface area (Å²) in [6.07, 6.45) is 0. The van der Waals surface area contributed by atoms with Gasteiger partial charge in [-0.2, -0.15) is 0 Å². The summed E-state index contributed by atoms with van der Waals surface area (Å²) in [7, 11) is 1.00. The minimum absolute atomic E-state index is 0.0212. The van der Waals surface area contributed by atoms with Gasteiger partial charge in [-0.25, -0.2) is 4.79 Å². The third-order valence-corrected chi connectivity index (χ3v) is 5.13. The molecule has 0 atom stereocenters. The van der Waals surface area contributed by atoms with E-state index in [2.05, 4.69) is 0 Å². The van der Waals surface area contributed by atoms with Crippen molar-refractivity contribution in [2.24, 2.45) is 5.73 Å². The predicted molar refractivity (Wildman–Crippen MR) is 92.6 cm³/mol. The maximum atomic E-state index is 11.2. The number of nitrogens with two attached hydrogens (primary N) is 2. The van der Waals surface area contributed by atoms with Gasteiger partial charge < -0.3 is 21.7 Å². The summed E-state index contributed by atoms with van der Waals surface area (Å²) in [6, 6.07) is 0. The lowest BCUT2D eigenvalue weighted by Crippen LogP contribution is -2.20. The second-order valence-corrected chi connectivity index (χ2v) is 6.01. The van der Waals surface area contributed by atoms with E-state index in [1.807, 2.05) is 45.2 Å². The van der Waals surface area contributed by atoms with Crippen LogP contribution >= 0.6 is 67.8 Å². The molecular formula is C9H9I3N2O4. The van der Waals surface area contributed by atoms with Crippen molar-refractivity contribution in [1.82, 2.24) is 0 Å². The Balaban J connectivity index is 0.00000137. The number of carbonyl (C=O) groups is 2. The van der Waals surface area contributed by atoms with Gasteiger partial charge >= 0.3 is 5.97 Å². The molecule has 0 fully saturated rings. The first-order valence-electron chi connectivity index (χ1n) is 4.22. The van der Waals surface area contributed by atoms with Crippen LogP contribution in [0.5, 0.6) is 0 Å². The van der Waals surface area contributed by atoms with E-state index in [1.165, 1.54) is 0 Å². The lowest BCUT2D eigenvalue weighted by Gasteiger charge is -2.12. The highest BCUT2D eigenvalue weighted by Gasteiger charge is 2.25. The van der Waals surface area contributed by atoms with Crippen molar-refractivity contribution in [2.45, 2.75) is 0 Å². The van der Waals surface area contributed by atoms with Crippen LogP contribution in [0.25, 0.3) is 0 Å². The summed E-state index contributed by atoms with van der Waals surface area (Å²) in [5, 5.41) is 16.0. The third-order valence-electron chi connectivity index (χ3n) is 1.81. The van der Waals surface area contributed by atoms with E-state index in [1.54, 1.807) is 22.6 Å². The van der Waals surface area contributed by atoms with Gasteiger partial charge in [0.1, 0.15) is 0 Å². The maximum absolute atomic E-state index is 11.2. The number of anilines is 1. The summed E-state index contributed by atoms with van der Waals surface area (Å²) < 4.78 is 1.23. The average molecular weight is 590 g/mol. The highest BCUT2D eigenvalue weighted by molar-refractivity contribution is 14.1. The van der Waals surface area contributed by atoms with Crippen LogP contribution in [-0.2, 0) is 0 Å². The fourth-order valence-electron chi connectivity index (χ4n) is 1.09. The molecule has 1 amide bonds. The normalized spacial score (nSPS) is 9.39. The first-order chi connectivity index (χ1) is 8.29. The number of hydrogen-bond acceptors (Lipinski definition) is 4. The second kappa shape index (κ2) is 7.64. The molecule has 6 nitrogen and oxygen atoms in total. The predicted octanol–water partition coefficient (Wildman–Crippen LogP) is 1.49. The largest absolute Gasteiger partial charge is 0.478 e. The molecule has 0 aliphatic carbocycles. The second-order valence-electron chi connectivity index (χ2n) is 2.78. The number of carboxylic acid groups (broad SMARTS) is 1. The monoisotopic (exact) mass is 590 g/mol. The van der Waals surface area contributed by atoms with Gasteiger partial charge in [-0.15, -0.1) is 0 Å². The van der Waals surface area contributed by atoms with E-state index < -0.39 is 11.9 Å². The summed E-state index contributed by atoms with van der Waals surface area (Å²) in [5.41, 5.74) is 11.4. The number of nitrogen functional groups attached to an aromatic ring is 1. The van der Waals surface area contributed by atoms with E-state index in [0.717, 1.165) is 7.11 Å². The van der Waals surface area contributed by atoms with Crippen molar-refractivity contribution in [3.05, 3.63) is 21.8 Å². The number of halogens is 3. The molecule has 0 saturated carbocycles. The Kier molecular flexibility index (Phi) is 7.69. The zero-order valence-corrected chi connectivity index (χ0v) is 15.5. The van der Waals surface area contributed by atoms with Gasteiger partial charge in [0.25, 0.3) is 5.91 Å². The third kappa shape index (κ3) is 3.57. The minimum Gasteiger partial charge on any atom is -0.478 e. The molecule has 0 aromatic heterocycles. The van der Waals surface area contributed by atoms with Gasteiger partial charge in [-0.3, -0.25) is 4.79 Å². The van der Waals surface area contributed by atoms with Gasteiger partial charge in [0, 0.05) is 10.7 Å². The van der Waals surface area contributed by atoms with Crippen molar-refractivity contribution < 1.29 is 19.8 Å². The molecule has 0 saturated heterocycles. The highest BCUT2D eigenvalue weighted by Crippen LogP contribution is 2.33. The van der Waals surface area contributed by atoms with Crippen molar-refractivity contribution >= 4 is 85.3 Å². The molecule has 0 aliphatic rings. The first kappa shape index (κ1) is 18.1. The van der Waals surface area contributed by atoms with Crippen molar-refractivity contribution in [3.63, 3.8) is 0 Å². The lowest BCUT2D eigenvalue weighted by atomic mass is 10.1. The molecule has 18 heavy (non-hydrogen) atoms. The quantitative estimate of drug-likeness (QED) is 0.307. The molecule has 0 aliphatic heterocycles. The Morgan fingerprint density at radius 2 is 1.39 bits per heavy atom. The fraction of sp³-hybridized carbons (Fsp3) is 0.111. The number of amides is 1. The van der Waals surface area contributed by atoms with Gasteiger partial charge in [-0.1, -0.05) is 0 Å². The van der Waals surface area contributed by atoms with Gasteiger partial charge in [0.15, 0.2) is 0 Å². The number of carboxylic acids is 1. The number of aromatic carboxylic acids is 1. The van der Waals surface area contributed by atoms with Crippen LogP contribution in [-0.4, -0.2) is 29.2 Å². The van der Waals surface area contributed by atoms with E-state index in [9.17, 15) is 9.59 Å². The molecule has 100 valence electrons. The smallest absolute Gasteiger partial charge is 0.337 e. The topological polar surface area (TPSA) is 127 Å². The number of carbonyl (C=O) groups excluding carboxylic acids is 1. The van der Waals surface area contributed by atoms with Gasteiger partial charge in [0.05, 0.1) is 24.0 Å². The molecule has 9 heteroatoms. The van der Waals surface area contributed by atoms with Crippen LogP contribution in [0.15, 0.2) is 0 Å². The van der Waals surface area contributed by atoms with E-state index in [-0.39, 0.29) is 16.8 Å². The standard InChI is InChI=1S/C8H5I3N2O3.CH4O/c9-3-1(7(13)14)4(10)6(12)5(11)2(3)8(15)16;1-2/h12H2,(H2,13,14)(H,15,16);2H,1H3. The van der Waals surface area contributed by atoms with Crippen LogP contribution in [0.3, 0.4) is 0 Å². The summed E-state index contributed by atoms with van der Waals surface area (Å²) >= 11 is 5.52. The number of primary amides is 1. The number of aliphatic hydroxyl groups excluding tert-OH is 1. The van der Waals surface area contributed by atoms with Crippen molar-refractivity contribution in [2.75, 3.05) is 12.8 Å². The molecule has 0 radical (unpaired) electrons. The molecular weight excluding hydrogens is 581 g/mol. The summed E-state index contributed by atoms with van der Waals surface area (Å²) in [4.78, 5) is 22.3. The van der Waals surface area contributed by atoms with Crippen LogP contribution in [0.2, 0.25) is 0 Å². The molecule has 6 N–H and O–H groups in total. The maximum Gasteiger partial charge on any atom is 0.337 e. The molecule has 0 heterocycles. The minimum atomic E-state index is -1.13. The molecule has 0 spiro atoms.